The number of hydrogen-bond acceptors (Lipinski definition) is 4. The van der Waals surface area contributed by atoms with Gasteiger partial charge in [0.25, 0.3) is 0 Å². The number of rotatable bonds is 3. The van der Waals surface area contributed by atoms with Gasteiger partial charge in [-0.1, -0.05) is 19.8 Å². The van der Waals surface area contributed by atoms with Crippen LogP contribution in [0.3, 0.4) is 0 Å². The van der Waals surface area contributed by atoms with Gasteiger partial charge in [-0.3, -0.25) is 4.98 Å². The Kier molecular flexibility index (Phi) is 3.85. The second-order valence-electron chi connectivity index (χ2n) is 5.74. The van der Waals surface area contributed by atoms with E-state index in [9.17, 15) is 0 Å². The molecule has 1 aromatic heterocycles. The molecule has 0 aromatic carbocycles. The Hall–Kier alpha value is -1.16. The lowest BCUT2D eigenvalue weighted by Gasteiger charge is -2.40. The molecule has 2 rings (SSSR count). The predicted molar refractivity (Wildman–Crippen MR) is 74.5 cm³/mol. The third-order valence-corrected chi connectivity index (χ3v) is 4.07. The first-order chi connectivity index (χ1) is 8.54. The molecule has 1 fully saturated rings. The van der Waals surface area contributed by atoms with Crippen LogP contribution in [0.5, 0.6) is 0 Å². The fourth-order valence-corrected chi connectivity index (χ4v) is 2.88. The predicted octanol–water partition coefficient (Wildman–Crippen LogP) is 2.41. The van der Waals surface area contributed by atoms with Crippen molar-refractivity contribution in [3.63, 3.8) is 0 Å². The lowest BCUT2D eigenvalue weighted by Crippen LogP contribution is -2.49. The van der Waals surface area contributed by atoms with Crippen molar-refractivity contribution in [2.45, 2.75) is 52.0 Å². The number of nitrogens with two attached hydrogens (primary N) is 1. The van der Waals surface area contributed by atoms with E-state index in [0.717, 1.165) is 36.0 Å². The van der Waals surface area contributed by atoms with E-state index < -0.39 is 0 Å². The molecule has 1 aromatic rings. The Labute approximate surface area is 109 Å². The number of nitrogens with one attached hydrogen (secondary N) is 1. The fraction of sp³-hybridized carbons (Fsp3) is 0.714. The molecule has 0 amide bonds. The summed E-state index contributed by atoms with van der Waals surface area (Å²) >= 11 is 0. The van der Waals surface area contributed by atoms with Crippen LogP contribution in [0, 0.1) is 19.8 Å². The third kappa shape index (κ3) is 2.80. The van der Waals surface area contributed by atoms with Gasteiger partial charge in [0.05, 0.1) is 23.1 Å². The first-order valence-corrected chi connectivity index (χ1v) is 6.83. The summed E-state index contributed by atoms with van der Waals surface area (Å²) in [5.74, 6) is 1.59. The van der Waals surface area contributed by atoms with Gasteiger partial charge >= 0.3 is 0 Å². The minimum atomic E-state index is 0.00798. The number of hydrogen-bond donors (Lipinski definition) is 2. The van der Waals surface area contributed by atoms with Crippen molar-refractivity contribution >= 4 is 5.82 Å². The average molecular weight is 248 g/mol. The van der Waals surface area contributed by atoms with Gasteiger partial charge in [-0.2, -0.15) is 0 Å². The second kappa shape index (κ2) is 5.22. The molecule has 1 heterocycles. The van der Waals surface area contributed by atoms with E-state index in [1.165, 1.54) is 12.8 Å². The minimum absolute atomic E-state index is 0.00798. The van der Waals surface area contributed by atoms with E-state index in [1.54, 1.807) is 0 Å². The van der Waals surface area contributed by atoms with Crippen LogP contribution in [0.25, 0.3) is 0 Å². The monoisotopic (exact) mass is 248 g/mol. The van der Waals surface area contributed by atoms with E-state index in [1.807, 2.05) is 20.0 Å². The van der Waals surface area contributed by atoms with Gasteiger partial charge in [0.15, 0.2) is 0 Å². The molecule has 2 unspecified atom stereocenters. The summed E-state index contributed by atoms with van der Waals surface area (Å²) in [7, 11) is 0. The highest BCUT2D eigenvalue weighted by Gasteiger charge is 2.33. The Bertz CT molecular complexity index is 418. The number of anilines is 1. The van der Waals surface area contributed by atoms with Crippen molar-refractivity contribution in [2.24, 2.45) is 11.7 Å². The maximum absolute atomic E-state index is 6.01. The highest BCUT2D eigenvalue weighted by Crippen LogP contribution is 2.33. The van der Waals surface area contributed by atoms with E-state index in [2.05, 4.69) is 22.2 Å². The summed E-state index contributed by atoms with van der Waals surface area (Å²) < 4.78 is 0. The molecule has 0 radical (unpaired) electrons. The van der Waals surface area contributed by atoms with E-state index >= 15 is 0 Å². The quantitative estimate of drug-likeness (QED) is 0.862. The zero-order valence-electron chi connectivity index (χ0n) is 11.7. The summed E-state index contributed by atoms with van der Waals surface area (Å²) in [5.41, 5.74) is 7.98. The smallest absolute Gasteiger partial charge is 0.145 e. The van der Waals surface area contributed by atoms with Gasteiger partial charge < -0.3 is 11.1 Å². The van der Waals surface area contributed by atoms with Gasteiger partial charge in [-0.05, 0) is 32.6 Å². The first-order valence-electron chi connectivity index (χ1n) is 6.83. The van der Waals surface area contributed by atoms with Crippen molar-refractivity contribution < 1.29 is 0 Å². The van der Waals surface area contributed by atoms with E-state index in [-0.39, 0.29) is 5.54 Å². The summed E-state index contributed by atoms with van der Waals surface area (Å²) in [4.78, 5) is 8.92. The highest BCUT2D eigenvalue weighted by atomic mass is 15.1. The summed E-state index contributed by atoms with van der Waals surface area (Å²) in [6.45, 7) is 6.93. The van der Waals surface area contributed by atoms with Crippen molar-refractivity contribution in [3.8, 4) is 0 Å². The molecule has 0 aliphatic heterocycles. The zero-order chi connectivity index (χ0) is 13.2. The lowest BCUT2D eigenvalue weighted by atomic mass is 9.76. The van der Waals surface area contributed by atoms with Crippen LogP contribution < -0.4 is 11.1 Å². The van der Waals surface area contributed by atoms with Gasteiger partial charge in [0.1, 0.15) is 5.82 Å². The maximum atomic E-state index is 6.01. The van der Waals surface area contributed by atoms with Gasteiger partial charge in [-0.15, -0.1) is 0 Å². The largest absolute Gasteiger partial charge is 0.362 e. The van der Waals surface area contributed by atoms with Crippen LogP contribution in [0.15, 0.2) is 6.20 Å². The van der Waals surface area contributed by atoms with Crippen LogP contribution in [0.4, 0.5) is 5.82 Å². The lowest BCUT2D eigenvalue weighted by molar-refractivity contribution is 0.263. The number of nitrogens with zero attached hydrogens (tertiary/aromatic N) is 2. The molecule has 18 heavy (non-hydrogen) atoms. The molecule has 100 valence electrons. The molecule has 2 atom stereocenters. The molecule has 1 saturated carbocycles. The fourth-order valence-electron chi connectivity index (χ4n) is 2.88. The molecule has 1 aliphatic rings. The molecule has 1 aliphatic carbocycles. The molecule has 4 heteroatoms. The van der Waals surface area contributed by atoms with E-state index in [4.69, 9.17) is 5.73 Å². The van der Waals surface area contributed by atoms with Gasteiger partial charge in [0.2, 0.25) is 0 Å². The minimum Gasteiger partial charge on any atom is -0.362 e. The molecular weight excluding hydrogens is 224 g/mol. The van der Waals surface area contributed by atoms with Crippen LogP contribution in [0.1, 0.15) is 44.0 Å². The van der Waals surface area contributed by atoms with Crippen molar-refractivity contribution in [1.29, 1.82) is 0 Å². The van der Waals surface area contributed by atoms with Crippen molar-refractivity contribution in [1.82, 2.24) is 9.97 Å². The van der Waals surface area contributed by atoms with Crippen LogP contribution in [-0.4, -0.2) is 22.1 Å². The Balaban J connectivity index is 2.16. The summed E-state index contributed by atoms with van der Waals surface area (Å²) in [5, 5.41) is 3.54. The van der Waals surface area contributed by atoms with Crippen molar-refractivity contribution in [3.05, 3.63) is 17.6 Å². The van der Waals surface area contributed by atoms with E-state index in [0.29, 0.717) is 6.54 Å². The van der Waals surface area contributed by atoms with Crippen LogP contribution in [-0.2, 0) is 0 Å². The summed E-state index contributed by atoms with van der Waals surface area (Å²) in [6.07, 6.45) is 6.62. The summed E-state index contributed by atoms with van der Waals surface area (Å²) in [6, 6.07) is 0. The van der Waals surface area contributed by atoms with Crippen LogP contribution in [0.2, 0.25) is 0 Å². The third-order valence-electron chi connectivity index (χ3n) is 4.07. The normalized spacial score (nSPS) is 28.1. The number of aromatic nitrogens is 2. The maximum Gasteiger partial charge on any atom is 0.145 e. The zero-order valence-corrected chi connectivity index (χ0v) is 11.7. The highest BCUT2D eigenvalue weighted by molar-refractivity contribution is 5.37. The Morgan fingerprint density at radius 3 is 2.83 bits per heavy atom. The Morgan fingerprint density at radius 1 is 1.44 bits per heavy atom. The van der Waals surface area contributed by atoms with Crippen molar-refractivity contribution in [2.75, 3.05) is 11.9 Å². The molecule has 4 nitrogen and oxygen atoms in total. The molecule has 0 bridgehead atoms. The number of aryl methyl sites for hydroxylation is 2. The average Bonchev–Trinajstić information content (AvgIpc) is 2.34. The second-order valence-corrected chi connectivity index (χ2v) is 5.74. The molecule has 0 saturated heterocycles. The standard InChI is InChI=1S/C14H24N4/c1-10-5-4-6-14(7-10,9-15)18-13-8-16-11(2)12(3)17-13/h8,10H,4-7,9,15H2,1-3H3,(H,17,18). The molecule has 0 spiro atoms. The first kappa shape index (κ1) is 13.3. The SMILES string of the molecule is Cc1ncc(NC2(CN)CCCC(C)C2)nc1C. The molecule has 3 N–H and O–H groups in total. The van der Waals surface area contributed by atoms with Gasteiger partial charge in [0, 0.05) is 6.54 Å². The van der Waals surface area contributed by atoms with Crippen LogP contribution >= 0.6 is 0 Å². The Morgan fingerprint density at radius 2 is 2.22 bits per heavy atom. The molecular formula is C14H24N4. The topological polar surface area (TPSA) is 63.8 Å². The van der Waals surface area contributed by atoms with Gasteiger partial charge in [-0.25, -0.2) is 4.98 Å².